The minimum absolute atomic E-state index is 0.110. The van der Waals surface area contributed by atoms with E-state index in [2.05, 4.69) is 20.6 Å². The van der Waals surface area contributed by atoms with E-state index in [1.165, 1.54) is 18.5 Å². The van der Waals surface area contributed by atoms with Crippen LogP contribution >= 0.6 is 11.6 Å². The molecule has 3 aromatic carbocycles. The first kappa shape index (κ1) is 25.0. The van der Waals surface area contributed by atoms with Crippen molar-refractivity contribution in [2.75, 3.05) is 23.8 Å². The van der Waals surface area contributed by atoms with Gasteiger partial charge in [-0.05, 0) is 66.2 Å². The molecule has 5 aromatic rings. The number of rotatable bonds is 11. The number of furan rings is 1. The topological polar surface area (TPSA) is 106 Å². The van der Waals surface area contributed by atoms with E-state index in [1.54, 1.807) is 36.4 Å². The Kier molecular flexibility index (Phi) is 7.52. The monoisotopic (exact) mass is 582 g/mol. The Bertz CT molecular complexity index is 1820. The van der Waals surface area contributed by atoms with Crippen molar-refractivity contribution >= 4 is 43.8 Å². The van der Waals surface area contributed by atoms with E-state index < -0.39 is 16.0 Å². The van der Waals surface area contributed by atoms with Gasteiger partial charge in [0.2, 0.25) is 0 Å². The van der Waals surface area contributed by atoms with Crippen LogP contribution in [0.4, 0.5) is 15.9 Å². The fourth-order valence-electron chi connectivity index (χ4n) is 3.98. The molecule has 0 bridgehead atoms. The van der Waals surface area contributed by atoms with E-state index in [4.69, 9.17) is 23.5 Å². The van der Waals surface area contributed by atoms with Gasteiger partial charge in [0.15, 0.2) is 0 Å². The van der Waals surface area contributed by atoms with Crippen LogP contribution in [0.15, 0.2) is 83.5 Å². The summed E-state index contributed by atoms with van der Waals surface area (Å²) >= 11 is 6.46. The summed E-state index contributed by atoms with van der Waals surface area (Å²) in [4.78, 5) is 8.77. The molecule has 0 radical (unpaired) electrons. The standard InChI is InChI=1S/C29H26ClFN4O4S/c1-40(36,37)12-11-32-16-23-7-10-27(39-23)20-5-8-26-24(14-20)29(34-18-33-26)35-22-6-9-28(25(30)15-22)38-17-19-3-2-4-21(31)13-19/h2-10,13-15,18,32H,11-12,16-17H2,1H3,(H,33,34,35)/i1D2. The number of anilines is 2. The van der Waals surface area contributed by atoms with Crippen molar-refractivity contribution in [2.45, 2.75) is 13.2 Å². The van der Waals surface area contributed by atoms with Gasteiger partial charge in [0.05, 0.1) is 22.8 Å². The van der Waals surface area contributed by atoms with Crippen molar-refractivity contribution in [1.82, 2.24) is 15.3 Å². The van der Waals surface area contributed by atoms with Gasteiger partial charge in [-0.25, -0.2) is 22.8 Å². The second-order valence-electron chi connectivity index (χ2n) is 8.95. The molecular weight excluding hydrogens is 555 g/mol. The van der Waals surface area contributed by atoms with E-state index in [-0.39, 0.29) is 24.7 Å². The lowest BCUT2D eigenvalue weighted by Crippen LogP contribution is -2.21. The molecule has 2 heterocycles. The Morgan fingerprint density at radius 3 is 2.80 bits per heavy atom. The van der Waals surface area contributed by atoms with Crippen LogP contribution in [0.3, 0.4) is 0 Å². The molecule has 2 aromatic heterocycles. The molecule has 0 amide bonds. The predicted molar refractivity (Wildman–Crippen MR) is 154 cm³/mol. The molecule has 0 atom stereocenters. The summed E-state index contributed by atoms with van der Waals surface area (Å²) in [6.07, 6.45) is -0.433. The van der Waals surface area contributed by atoms with Gasteiger partial charge in [-0.15, -0.1) is 0 Å². The molecule has 40 heavy (non-hydrogen) atoms. The molecule has 0 spiro atoms. The maximum Gasteiger partial charge on any atom is 0.148 e. The number of fused-ring (bicyclic) bond motifs is 1. The number of nitrogens with zero attached hydrogens (tertiary/aromatic N) is 2. The predicted octanol–water partition coefficient (Wildman–Crippen LogP) is 6.14. The van der Waals surface area contributed by atoms with Gasteiger partial charge >= 0.3 is 0 Å². The third-order valence-corrected chi connectivity index (χ3v) is 6.99. The molecule has 11 heteroatoms. The lowest BCUT2D eigenvalue weighted by Gasteiger charge is -2.12. The zero-order valence-corrected chi connectivity index (χ0v) is 22.7. The van der Waals surface area contributed by atoms with Crippen LogP contribution in [0.5, 0.6) is 5.75 Å². The number of halogens is 2. The van der Waals surface area contributed by atoms with Crippen LogP contribution in [0.1, 0.15) is 14.1 Å². The number of nitrogens with one attached hydrogen (secondary N) is 2. The van der Waals surface area contributed by atoms with E-state index in [1.807, 2.05) is 24.3 Å². The Morgan fingerprint density at radius 1 is 1.07 bits per heavy atom. The number of aromatic nitrogens is 2. The summed E-state index contributed by atoms with van der Waals surface area (Å²) in [6, 6.07) is 20.7. The fraction of sp³-hybridized carbons (Fsp3) is 0.172. The van der Waals surface area contributed by atoms with Gasteiger partial charge in [0, 0.05) is 32.1 Å². The smallest absolute Gasteiger partial charge is 0.148 e. The number of ether oxygens (including phenoxy) is 1. The Hall–Kier alpha value is -3.99. The van der Waals surface area contributed by atoms with Gasteiger partial charge in [-0.3, -0.25) is 0 Å². The quantitative estimate of drug-likeness (QED) is 0.179. The second kappa shape index (κ2) is 12.0. The number of benzene rings is 3. The van der Waals surface area contributed by atoms with Crippen molar-refractivity contribution in [2.24, 2.45) is 0 Å². The summed E-state index contributed by atoms with van der Waals surface area (Å²) < 4.78 is 62.6. The van der Waals surface area contributed by atoms with E-state index in [9.17, 15) is 12.8 Å². The Morgan fingerprint density at radius 2 is 1.98 bits per heavy atom. The first-order valence-electron chi connectivity index (χ1n) is 13.4. The zero-order valence-electron chi connectivity index (χ0n) is 23.1. The highest BCUT2D eigenvalue weighted by Crippen LogP contribution is 2.32. The molecule has 0 aliphatic heterocycles. The van der Waals surface area contributed by atoms with Gasteiger partial charge in [0.1, 0.15) is 51.7 Å². The Labute approximate surface area is 238 Å². The molecule has 8 nitrogen and oxygen atoms in total. The summed E-state index contributed by atoms with van der Waals surface area (Å²) in [5.41, 5.74) is 2.88. The summed E-state index contributed by atoms with van der Waals surface area (Å²) in [7, 11) is -3.76. The summed E-state index contributed by atoms with van der Waals surface area (Å²) in [5.74, 6) is 1.60. The SMILES string of the molecule is [2H]C([2H])S(=O)(=O)CCNCc1ccc(-c2ccc3ncnc(Nc4ccc(OCc5cccc(F)c5)c(Cl)c4)c3c2)o1. The van der Waals surface area contributed by atoms with Gasteiger partial charge in [-0.1, -0.05) is 23.7 Å². The molecule has 0 fully saturated rings. The lowest BCUT2D eigenvalue weighted by atomic mass is 10.1. The minimum Gasteiger partial charge on any atom is -0.487 e. The normalized spacial score (nSPS) is 12.4. The highest BCUT2D eigenvalue weighted by Gasteiger charge is 2.11. The highest BCUT2D eigenvalue weighted by atomic mass is 35.5. The number of sulfone groups is 1. The largest absolute Gasteiger partial charge is 0.487 e. The Balaban J connectivity index is 1.27. The summed E-state index contributed by atoms with van der Waals surface area (Å²) in [5, 5.41) is 7.37. The molecule has 2 N–H and O–H groups in total. The van der Waals surface area contributed by atoms with Crippen molar-refractivity contribution in [3.05, 3.63) is 101 Å². The van der Waals surface area contributed by atoms with Crippen molar-refractivity contribution in [1.29, 1.82) is 0 Å². The van der Waals surface area contributed by atoms with Crippen LogP contribution in [0, 0.1) is 5.82 Å². The zero-order chi connectivity index (χ0) is 29.7. The van der Waals surface area contributed by atoms with Crippen LogP contribution in [-0.4, -0.2) is 36.9 Å². The third-order valence-electron chi connectivity index (χ3n) is 5.92. The van der Waals surface area contributed by atoms with Crippen LogP contribution in [0.25, 0.3) is 22.2 Å². The van der Waals surface area contributed by atoms with Gasteiger partial charge in [-0.2, -0.15) is 0 Å². The van der Waals surface area contributed by atoms with E-state index in [0.717, 1.165) is 10.9 Å². The average Bonchev–Trinajstić information content (AvgIpc) is 3.44. The van der Waals surface area contributed by atoms with Crippen LogP contribution in [-0.2, 0) is 23.0 Å². The van der Waals surface area contributed by atoms with Crippen LogP contribution in [0.2, 0.25) is 5.02 Å². The average molecular weight is 583 g/mol. The number of hydrogen-bond acceptors (Lipinski definition) is 8. The van der Waals surface area contributed by atoms with Crippen molar-refractivity contribution in [3.63, 3.8) is 0 Å². The second-order valence-corrected chi connectivity index (χ2v) is 11.1. The lowest BCUT2D eigenvalue weighted by molar-refractivity contribution is 0.306. The molecule has 0 aliphatic carbocycles. The fourth-order valence-corrected chi connectivity index (χ4v) is 4.65. The molecule has 206 valence electrons. The summed E-state index contributed by atoms with van der Waals surface area (Å²) in [6.45, 7) is 0.579. The van der Waals surface area contributed by atoms with E-state index in [0.29, 0.717) is 51.4 Å². The first-order chi connectivity index (χ1) is 20.2. The highest BCUT2D eigenvalue weighted by molar-refractivity contribution is 7.90. The van der Waals surface area contributed by atoms with Gasteiger partial charge in [0.25, 0.3) is 0 Å². The third kappa shape index (κ3) is 7.15. The van der Waals surface area contributed by atoms with Crippen molar-refractivity contribution < 1.29 is 24.7 Å². The first-order valence-corrected chi connectivity index (χ1v) is 14.3. The molecule has 0 saturated carbocycles. The maximum atomic E-state index is 13.4. The minimum atomic E-state index is -3.76. The van der Waals surface area contributed by atoms with E-state index >= 15 is 0 Å². The molecule has 0 saturated heterocycles. The number of hydrogen-bond donors (Lipinski definition) is 2. The molecular formula is C29H26ClFN4O4S. The maximum absolute atomic E-state index is 13.4. The van der Waals surface area contributed by atoms with Crippen LogP contribution < -0.4 is 15.4 Å². The molecule has 5 rings (SSSR count). The molecule has 0 unspecified atom stereocenters. The van der Waals surface area contributed by atoms with Crippen molar-refractivity contribution in [3.8, 4) is 17.1 Å². The molecule has 0 aliphatic rings. The van der Waals surface area contributed by atoms with Gasteiger partial charge < -0.3 is 19.8 Å².